The van der Waals surface area contributed by atoms with E-state index in [1.54, 1.807) is 43.3 Å². The summed E-state index contributed by atoms with van der Waals surface area (Å²) < 4.78 is 6.01. The summed E-state index contributed by atoms with van der Waals surface area (Å²) >= 11 is 3.31. The van der Waals surface area contributed by atoms with Crippen molar-refractivity contribution in [3.05, 3.63) is 63.1 Å². The molecule has 0 heterocycles. The molecule has 0 spiro atoms. The van der Waals surface area contributed by atoms with Gasteiger partial charge in [0.15, 0.2) is 0 Å². The number of nitriles is 1. The second kappa shape index (κ2) is 6.42. The van der Waals surface area contributed by atoms with E-state index in [9.17, 15) is 4.79 Å². The topological polar surface area (TPSA) is 76.1 Å². The van der Waals surface area contributed by atoms with E-state index in [0.717, 1.165) is 10.0 Å². The SMILES string of the molecule is Cc1c(N)cc(Br)cc1C(=O)OCc1ccc(C#N)cc1. The first kappa shape index (κ1) is 15.1. The van der Waals surface area contributed by atoms with Crippen molar-refractivity contribution >= 4 is 27.6 Å². The van der Waals surface area contributed by atoms with E-state index in [0.29, 0.717) is 22.4 Å². The molecule has 0 aliphatic carbocycles. The van der Waals surface area contributed by atoms with Gasteiger partial charge in [0.25, 0.3) is 0 Å². The van der Waals surface area contributed by atoms with Gasteiger partial charge in [-0.05, 0) is 42.3 Å². The molecule has 2 aromatic carbocycles. The predicted molar refractivity (Wildman–Crippen MR) is 83.6 cm³/mol. The van der Waals surface area contributed by atoms with Crippen molar-refractivity contribution in [2.45, 2.75) is 13.5 Å². The number of hydrogen-bond acceptors (Lipinski definition) is 4. The molecule has 0 fully saturated rings. The Kier molecular flexibility index (Phi) is 4.61. The molecule has 4 nitrogen and oxygen atoms in total. The van der Waals surface area contributed by atoms with Crippen LogP contribution < -0.4 is 5.73 Å². The number of carbonyl (C=O) groups is 1. The summed E-state index contributed by atoms with van der Waals surface area (Å²) in [5.74, 6) is -0.426. The van der Waals surface area contributed by atoms with Crippen molar-refractivity contribution < 1.29 is 9.53 Å². The van der Waals surface area contributed by atoms with Gasteiger partial charge in [0.1, 0.15) is 6.61 Å². The predicted octanol–water partition coefficient (Wildman–Crippen LogP) is 3.57. The summed E-state index contributed by atoms with van der Waals surface area (Å²) in [6.45, 7) is 1.93. The third kappa shape index (κ3) is 3.61. The van der Waals surface area contributed by atoms with E-state index in [2.05, 4.69) is 15.9 Å². The van der Waals surface area contributed by atoms with Gasteiger partial charge in [-0.2, -0.15) is 5.26 Å². The maximum Gasteiger partial charge on any atom is 0.338 e. The van der Waals surface area contributed by atoms with Gasteiger partial charge in [-0.15, -0.1) is 0 Å². The number of nitrogen functional groups attached to an aromatic ring is 1. The summed E-state index contributed by atoms with van der Waals surface area (Å²) in [5, 5.41) is 8.73. The largest absolute Gasteiger partial charge is 0.457 e. The standard InChI is InChI=1S/C16H13BrN2O2/c1-10-14(6-13(17)7-15(10)19)16(20)21-9-12-4-2-11(8-18)3-5-12/h2-7H,9,19H2,1H3. The number of carbonyl (C=O) groups excluding carboxylic acids is 1. The minimum absolute atomic E-state index is 0.149. The van der Waals surface area contributed by atoms with Gasteiger partial charge >= 0.3 is 5.97 Å². The Balaban J connectivity index is 2.10. The lowest BCUT2D eigenvalue weighted by atomic mass is 10.1. The van der Waals surface area contributed by atoms with Crippen LogP contribution in [0.4, 0.5) is 5.69 Å². The van der Waals surface area contributed by atoms with Crippen LogP contribution in [-0.2, 0) is 11.3 Å². The third-order valence-electron chi connectivity index (χ3n) is 3.09. The van der Waals surface area contributed by atoms with Crippen molar-refractivity contribution in [1.29, 1.82) is 5.26 Å². The fraction of sp³-hybridized carbons (Fsp3) is 0.125. The van der Waals surface area contributed by atoms with Crippen molar-refractivity contribution in [3.8, 4) is 6.07 Å². The van der Waals surface area contributed by atoms with E-state index in [1.807, 2.05) is 6.07 Å². The highest BCUT2D eigenvalue weighted by molar-refractivity contribution is 9.10. The third-order valence-corrected chi connectivity index (χ3v) is 3.54. The fourth-order valence-electron chi connectivity index (χ4n) is 1.81. The Labute approximate surface area is 131 Å². The minimum atomic E-state index is -0.426. The summed E-state index contributed by atoms with van der Waals surface area (Å²) in [6.07, 6.45) is 0. The molecule has 2 N–H and O–H groups in total. The molecule has 0 unspecified atom stereocenters. The Morgan fingerprint density at radius 3 is 2.62 bits per heavy atom. The number of nitrogens with two attached hydrogens (primary N) is 1. The lowest BCUT2D eigenvalue weighted by molar-refractivity contribution is 0.0472. The maximum atomic E-state index is 12.1. The second-order valence-corrected chi connectivity index (χ2v) is 5.47. The summed E-state index contributed by atoms with van der Waals surface area (Å²) in [7, 11) is 0. The first-order valence-electron chi connectivity index (χ1n) is 6.23. The fourth-order valence-corrected chi connectivity index (χ4v) is 2.29. The van der Waals surface area contributed by atoms with Gasteiger partial charge in [-0.1, -0.05) is 28.1 Å². The summed E-state index contributed by atoms with van der Waals surface area (Å²) in [4.78, 5) is 12.1. The van der Waals surface area contributed by atoms with Gasteiger partial charge in [0.05, 0.1) is 17.2 Å². The number of anilines is 1. The van der Waals surface area contributed by atoms with E-state index >= 15 is 0 Å². The first-order chi connectivity index (χ1) is 10.0. The van der Waals surface area contributed by atoms with E-state index in [4.69, 9.17) is 15.7 Å². The van der Waals surface area contributed by atoms with Gasteiger partial charge in [-0.25, -0.2) is 4.79 Å². The molecule has 5 heteroatoms. The van der Waals surface area contributed by atoms with Gasteiger partial charge in [-0.3, -0.25) is 0 Å². The molecule has 0 bridgehead atoms. The molecule has 0 aliphatic heterocycles. The van der Waals surface area contributed by atoms with Crippen molar-refractivity contribution in [3.63, 3.8) is 0 Å². The first-order valence-corrected chi connectivity index (χ1v) is 7.02. The van der Waals surface area contributed by atoms with Crippen LogP contribution in [0.25, 0.3) is 0 Å². The normalized spacial score (nSPS) is 9.95. The molecule has 0 radical (unpaired) electrons. The zero-order chi connectivity index (χ0) is 15.4. The zero-order valence-corrected chi connectivity index (χ0v) is 13.0. The van der Waals surface area contributed by atoms with E-state index in [-0.39, 0.29) is 6.61 Å². The Bertz CT molecular complexity index is 718. The number of esters is 1. The number of halogens is 1. The molecule has 2 rings (SSSR count). The number of hydrogen-bond donors (Lipinski definition) is 1. The van der Waals surface area contributed by atoms with Crippen LogP contribution in [0.15, 0.2) is 40.9 Å². The molecule has 0 saturated carbocycles. The smallest absolute Gasteiger partial charge is 0.338 e. The summed E-state index contributed by atoms with van der Waals surface area (Å²) in [6, 6.07) is 12.4. The maximum absolute atomic E-state index is 12.1. The highest BCUT2D eigenvalue weighted by Crippen LogP contribution is 2.23. The Morgan fingerprint density at radius 1 is 1.33 bits per heavy atom. The van der Waals surface area contributed by atoms with Crippen LogP contribution >= 0.6 is 15.9 Å². The van der Waals surface area contributed by atoms with Crippen LogP contribution in [0.2, 0.25) is 0 Å². The minimum Gasteiger partial charge on any atom is -0.457 e. The number of ether oxygens (including phenoxy) is 1. The Hall–Kier alpha value is -2.32. The van der Waals surface area contributed by atoms with Gasteiger partial charge in [0.2, 0.25) is 0 Å². The molecule has 0 amide bonds. The molecule has 106 valence electrons. The van der Waals surface area contributed by atoms with Crippen molar-refractivity contribution in [2.24, 2.45) is 0 Å². The van der Waals surface area contributed by atoms with Gasteiger partial charge < -0.3 is 10.5 Å². The monoisotopic (exact) mass is 344 g/mol. The highest BCUT2D eigenvalue weighted by atomic mass is 79.9. The van der Waals surface area contributed by atoms with Crippen LogP contribution in [0.1, 0.15) is 27.0 Å². The molecule has 0 atom stereocenters. The van der Waals surface area contributed by atoms with E-state index < -0.39 is 5.97 Å². The second-order valence-electron chi connectivity index (χ2n) is 4.55. The highest BCUT2D eigenvalue weighted by Gasteiger charge is 2.13. The average molecular weight is 345 g/mol. The van der Waals surface area contributed by atoms with Crippen molar-refractivity contribution in [2.75, 3.05) is 5.73 Å². The van der Waals surface area contributed by atoms with Crippen molar-refractivity contribution in [1.82, 2.24) is 0 Å². The number of rotatable bonds is 3. The average Bonchev–Trinajstić information content (AvgIpc) is 2.49. The van der Waals surface area contributed by atoms with Crippen LogP contribution in [0.3, 0.4) is 0 Å². The van der Waals surface area contributed by atoms with Crippen LogP contribution in [0.5, 0.6) is 0 Å². The van der Waals surface area contributed by atoms with E-state index in [1.165, 1.54) is 0 Å². The van der Waals surface area contributed by atoms with Crippen LogP contribution in [-0.4, -0.2) is 5.97 Å². The lowest BCUT2D eigenvalue weighted by Crippen LogP contribution is -2.08. The Morgan fingerprint density at radius 2 is 2.00 bits per heavy atom. The molecule has 0 saturated heterocycles. The molecule has 21 heavy (non-hydrogen) atoms. The molecule has 0 aromatic heterocycles. The molecule has 2 aromatic rings. The number of benzene rings is 2. The quantitative estimate of drug-likeness (QED) is 0.682. The lowest BCUT2D eigenvalue weighted by Gasteiger charge is -2.10. The molecule has 0 aliphatic rings. The van der Waals surface area contributed by atoms with Crippen LogP contribution in [0, 0.1) is 18.3 Å². The zero-order valence-electron chi connectivity index (χ0n) is 11.4. The molecular weight excluding hydrogens is 332 g/mol. The number of nitrogens with zero attached hydrogens (tertiary/aromatic N) is 1. The van der Waals surface area contributed by atoms with Gasteiger partial charge in [0, 0.05) is 10.2 Å². The molecular formula is C16H13BrN2O2. The summed E-state index contributed by atoms with van der Waals surface area (Å²) in [5.41, 5.74) is 8.90.